The molecule has 0 amide bonds. The van der Waals surface area contributed by atoms with Crippen molar-refractivity contribution >= 4 is 33.2 Å². The second kappa shape index (κ2) is 6.23. The number of methoxy groups -OCH3 is 1. The van der Waals surface area contributed by atoms with Crippen LogP contribution >= 0.6 is 27.5 Å². The van der Waals surface area contributed by atoms with Crippen molar-refractivity contribution in [3.63, 3.8) is 0 Å². The lowest BCUT2D eigenvalue weighted by Crippen LogP contribution is -2.21. The summed E-state index contributed by atoms with van der Waals surface area (Å²) in [5, 5.41) is 11.0. The zero-order valence-electron chi connectivity index (χ0n) is 10.7. The molecule has 21 heavy (non-hydrogen) atoms. The fourth-order valence-electron chi connectivity index (χ4n) is 1.73. The van der Waals surface area contributed by atoms with E-state index in [1.54, 1.807) is 6.07 Å². The maximum Gasteiger partial charge on any atom is 0.311 e. The maximum absolute atomic E-state index is 12.0. The van der Waals surface area contributed by atoms with Gasteiger partial charge in [0.15, 0.2) is 10.9 Å². The van der Waals surface area contributed by atoms with Crippen molar-refractivity contribution in [3.05, 3.63) is 60.2 Å². The molecular weight excluding hydrogens is 366 g/mol. The summed E-state index contributed by atoms with van der Waals surface area (Å²) in [6, 6.07) is 4.48. The first kappa shape index (κ1) is 15.5. The fraction of sp³-hybridized carbons (Fsp3) is 0.167. The van der Waals surface area contributed by atoms with Crippen molar-refractivity contribution in [1.82, 2.24) is 9.55 Å². The molecule has 7 nitrogen and oxygen atoms in total. The zero-order chi connectivity index (χ0) is 15.6. The number of ether oxygens (including phenoxy) is 1. The Kier molecular flexibility index (Phi) is 4.59. The predicted molar refractivity (Wildman–Crippen MR) is 80.0 cm³/mol. The Balaban J connectivity index is 2.41. The average Bonchev–Trinajstić information content (AvgIpc) is 2.47. The second-order valence-electron chi connectivity index (χ2n) is 4.05. The molecule has 2 aromatic rings. The van der Waals surface area contributed by atoms with Crippen LogP contribution in [-0.4, -0.2) is 21.6 Å². The Morgan fingerprint density at radius 3 is 2.86 bits per heavy atom. The normalized spacial score (nSPS) is 10.4. The maximum atomic E-state index is 12.0. The van der Waals surface area contributed by atoms with E-state index < -0.39 is 4.92 Å². The molecule has 2 rings (SSSR count). The van der Waals surface area contributed by atoms with Crippen LogP contribution in [0.5, 0.6) is 5.75 Å². The number of rotatable bonds is 4. The van der Waals surface area contributed by atoms with E-state index in [1.807, 2.05) is 0 Å². The van der Waals surface area contributed by atoms with Crippen LogP contribution in [0.3, 0.4) is 0 Å². The molecule has 0 aliphatic rings. The largest absolute Gasteiger partial charge is 0.490 e. The lowest BCUT2D eigenvalue weighted by molar-refractivity contribution is -0.385. The van der Waals surface area contributed by atoms with Crippen molar-refractivity contribution < 1.29 is 9.66 Å². The van der Waals surface area contributed by atoms with E-state index in [2.05, 4.69) is 20.9 Å². The highest BCUT2D eigenvalue weighted by Gasteiger charge is 2.16. The van der Waals surface area contributed by atoms with Crippen LogP contribution in [0, 0.1) is 10.1 Å². The Morgan fingerprint density at radius 1 is 1.52 bits per heavy atom. The molecule has 110 valence electrons. The van der Waals surface area contributed by atoms with Gasteiger partial charge in [0.1, 0.15) is 4.47 Å². The number of halogens is 2. The summed E-state index contributed by atoms with van der Waals surface area (Å²) in [6.45, 7) is 0.131. The summed E-state index contributed by atoms with van der Waals surface area (Å²) in [5.41, 5.74) is 0.0399. The minimum absolute atomic E-state index is 0.0666. The van der Waals surface area contributed by atoms with Crippen LogP contribution in [0.1, 0.15) is 5.56 Å². The van der Waals surface area contributed by atoms with Crippen LogP contribution < -0.4 is 10.3 Å². The number of aromatic nitrogens is 2. The van der Waals surface area contributed by atoms with E-state index >= 15 is 0 Å². The first-order valence-corrected chi connectivity index (χ1v) is 6.83. The quantitative estimate of drug-likeness (QED) is 0.466. The number of hydrogen-bond donors (Lipinski definition) is 0. The van der Waals surface area contributed by atoms with E-state index in [-0.39, 0.29) is 33.2 Å². The first-order valence-electron chi connectivity index (χ1n) is 5.65. The molecule has 1 aromatic carbocycles. The molecule has 1 heterocycles. The van der Waals surface area contributed by atoms with Crippen LogP contribution in [0.15, 0.2) is 33.8 Å². The molecule has 0 unspecified atom stereocenters. The van der Waals surface area contributed by atoms with Gasteiger partial charge < -0.3 is 4.74 Å². The minimum atomic E-state index is -0.541. The van der Waals surface area contributed by atoms with Crippen molar-refractivity contribution in [2.45, 2.75) is 6.54 Å². The smallest absolute Gasteiger partial charge is 0.311 e. The van der Waals surface area contributed by atoms with Crippen molar-refractivity contribution in [2.75, 3.05) is 7.11 Å². The molecule has 0 saturated heterocycles. The Bertz CT molecular complexity index is 763. The van der Waals surface area contributed by atoms with Gasteiger partial charge >= 0.3 is 5.69 Å². The third-order valence-electron chi connectivity index (χ3n) is 2.73. The lowest BCUT2D eigenvalue weighted by Gasteiger charge is -2.08. The lowest BCUT2D eigenvalue weighted by atomic mass is 10.2. The number of nitro groups is 1. The summed E-state index contributed by atoms with van der Waals surface area (Å²) in [7, 11) is 1.35. The molecule has 0 spiro atoms. The predicted octanol–water partition coefficient (Wildman–Crippen LogP) is 2.62. The summed E-state index contributed by atoms with van der Waals surface area (Å²) in [6.07, 6.45) is 1.28. The van der Waals surface area contributed by atoms with Crippen LogP contribution in [0.25, 0.3) is 0 Å². The number of hydrogen-bond acceptors (Lipinski definition) is 5. The second-order valence-corrected chi connectivity index (χ2v) is 5.20. The van der Waals surface area contributed by atoms with Crippen molar-refractivity contribution in [3.8, 4) is 5.75 Å². The van der Waals surface area contributed by atoms with E-state index in [4.69, 9.17) is 16.3 Å². The van der Waals surface area contributed by atoms with Gasteiger partial charge in [-0.1, -0.05) is 17.7 Å². The van der Waals surface area contributed by atoms with E-state index in [1.165, 1.54) is 30.1 Å². The Labute approximate surface area is 132 Å². The topological polar surface area (TPSA) is 87.3 Å². The Hall–Kier alpha value is -1.93. The van der Waals surface area contributed by atoms with Crippen LogP contribution in [0.2, 0.25) is 5.15 Å². The van der Waals surface area contributed by atoms with E-state index in [0.29, 0.717) is 5.56 Å². The minimum Gasteiger partial charge on any atom is -0.490 e. The van der Waals surface area contributed by atoms with Gasteiger partial charge in [0.25, 0.3) is 5.56 Å². The molecule has 0 saturated carbocycles. The van der Waals surface area contributed by atoms with Gasteiger partial charge in [-0.3, -0.25) is 19.5 Å². The van der Waals surface area contributed by atoms with Gasteiger partial charge in [-0.05, 0) is 27.6 Å². The standard InChI is InChI=1S/C12H9BrClN3O4/c1-21-9-3-2-7(4-8(9)17(19)20)5-16-6-15-11(14)10(13)12(16)18/h2-4,6H,5H2,1H3. The average molecular weight is 375 g/mol. The highest BCUT2D eigenvalue weighted by Crippen LogP contribution is 2.27. The van der Waals surface area contributed by atoms with Crippen LogP contribution in [0.4, 0.5) is 5.69 Å². The molecule has 0 fully saturated rings. The molecule has 0 aliphatic carbocycles. The van der Waals surface area contributed by atoms with E-state index in [9.17, 15) is 14.9 Å². The van der Waals surface area contributed by atoms with E-state index in [0.717, 1.165) is 0 Å². The van der Waals surface area contributed by atoms with Crippen molar-refractivity contribution in [2.24, 2.45) is 0 Å². The van der Waals surface area contributed by atoms with Crippen LogP contribution in [-0.2, 0) is 6.54 Å². The van der Waals surface area contributed by atoms with Crippen molar-refractivity contribution in [1.29, 1.82) is 0 Å². The molecule has 9 heteroatoms. The highest BCUT2D eigenvalue weighted by molar-refractivity contribution is 9.10. The number of benzene rings is 1. The molecule has 0 radical (unpaired) electrons. The monoisotopic (exact) mass is 373 g/mol. The number of nitro benzene ring substituents is 1. The zero-order valence-corrected chi connectivity index (χ0v) is 13.1. The SMILES string of the molecule is COc1ccc(Cn2cnc(Cl)c(Br)c2=O)cc1[N+](=O)[O-]. The van der Waals surface area contributed by atoms with Gasteiger partial charge in [0.05, 0.1) is 24.9 Å². The molecular formula is C12H9BrClN3O4. The van der Waals surface area contributed by atoms with Gasteiger partial charge in [0, 0.05) is 6.07 Å². The summed E-state index contributed by atoms with van der Waals surface area (Å²) in [4.78, 5) is 26.2. The molecule has 0 atom stereocenters. The summed E-state index contributed by atoms with van der Waals surface area (Å²) < 4.78 is 6.36. The summed E-state index contributed by atoms with van der Waals surface area (Å²) >= 11 is 8.77. The van der Waals surface area contributed by atoms with Gasteiger partial charge in [-0.25, -0.2) is 4.98 Å². The molecule has 0 bridgehead atoms. The summed E-state index contributed by atoms with van der Waals surface area (Å²) in [5.74, 6) is 0.159. The molecule has 0 N–H and O–H groups in total. The van der Waals surface area contributed by atoms with Gasteiger partial charge in [-0.15, -0.1) is 0 Å². The fourth-order valence-corrected chi connectivity index (χ4v) is 2.18. The number of nitrogens with zero attached hydrogens (tertiary/aromatic N) is 3. The highest BCUT2D eigenvalue weighted by atomic mass is 79.9. The molecule has 1 aromatic heterocycles. The third-order valence-corrected chi connectivity index (χ3v) is 3.96. The van der Waals surface area contributed by atoms with Gasteiger partial charge in [0.2, 0.25) is 0 Å². The Morgan fingerprint density at radius 2 is 2.24 bits per heavy atom. The third kappa shape index (κ3) is 3.22. The first-order chi connectivity index (χ1) is 9.93. The molecule has 0 aliphatic heterocycles. The van der Waals surface area contributed by atoms with Gasteiger partial charge in [-0.2, -0.15) is 0 Å².